The van der Waals surface area contributed by atoms with Crippen molar-refractivity contribution in [3.8, 4) is 5.75 Å². The first-order valence-corrected chi connectivity index (χ1v) is 10.2. The number of ether oxygens (including phenoxy) is 1. The molecule has 0 unspecified atom stereocenters. The van der Waals surface area contributed by atoms with Crippen molar-refractivity contribution in [2.45, 2.75) is 19.4 Å². The molecular weight excluding hydrogens is 493 g/mol. The van der Waals surface area contributed by atoms with Crippen molar-refractivity contribution in [1.29, 1.82) is 0 Å². The molecule has 164 valence electrons. The number of hydrogen-bond acceptors (Lipinski definition) is 4. The molecule has 30 heavy (non-hydrogen) atoms. The number of methoxy groups -OCH3 is 1. The second kappa shape index (κ2) is 12.5. The number of hydrogen-bond donors (Lipinski definition) is 1. The molecule has 1 aromatic carbocycles. The van der Waals surface area contributed by atoms with Crippen LogP contribution in [0.25, 0.3) is 0 Å². The first-order chi connectivity index (χ1) is 14.2. The molecule has 0 aliphatic carbocycles. The van der Waals surface area contributed by atoms with Crippen LogP contribution in [0.1, 0.15) is 12.8 Å². The summed E-state index contributed by atoms with van der Waals surface area (Å²) in [4.78, 5) is 20.8. The highest BCUT2D eigenvalue weighted by Gasteiger charge is 2.21. The van der Waals surface area contributed by atoms with Gasteiger partial charge in [0.1, 0.15) is 5.75 Å². The molecule has 1 saturated heterocycles. The van der Waals surface area contributed by atoms with Crippen LogP contribution in [-0.4, -0.2) is 62.3 Å². The highest BCUT2D eigenvalue weighted by molar-refractivity contribution is 14.0. The maximum atomic E-state index is 11.7. The Morgan fingerprint density at radius 1 is 1.07 bits per heavy atom. The van der Waals surface area contributed by atoms with Crippen LogP contribution in [0.2, 0.25) is 0 Å². The van der Waals surface area contributed by atoms with Gasteiger partial charge >= 0.3 is 0 Å². The third-order valence-electron chi connectivity index (χ3n) is 5.22. The number of unbranched alkanes of at least 4 members (excludes halogenated alkanes) is 1. The number of nitrogens with one attached hydrogen (secondary N) is 1. The topological polar surface area (TPSA) is 62.1 Å². The maximum Gasteiger partial charge on any atom is 0.250 e. The number of aromatic nitrogens is 1. The van der Waals surface area contributed by atoms with E-state index in [1.54, 1.807) is 23.8 Å². The van der Waals surface area contributed by atoms with Gasteiger partial charge in [0, 0.05) is 58.6 Å². The molecule has 0 radical (unpaired) electrons. The van der Waals surface area contributed by atoms with Crippen molar-refractivity contribution in [1.82, 2.24) is 14.8 Å². The summed E-state index contributed by atoms with van der Waals surface area (Å²) in [7, 11) is 3.55. The number of nitrogens with zero attached hydrogens (tertiary/aromatic N) is 4. The van der Waals surface area contributed by atoms with E-state index in [1.807, 2.05) is 37.5 Å². The molecule has 1 N–H and O–H groups in total. The molecule has 0 amide bonds. The van der Waals surface area contributed by atoms with Gasteiger partial charge in [-0.15, -0.1) is 24.0 Å². The van der Waals surface area contributed by atoms with Gasteiger partial charge in [0.15, 0.2) is 5.96 Å². The second-order valence-corrected chi connectivity index (χ2v) is 7.06. The lowest BCUT2D eigenvalue weighted by molar-refractivity contribution is 0.366. The second-order valence-electron chi connectivity index (χ2n) is 7.06. The third-order valence-corrected chi connectivity index (χ3v) is 5.22. The smallest absolute Gasteiger partial charge is 0.250 e. The SMILES string of the molecule is CN=C(NCCCCn1ccccc1=O)N1CCN(c2ccccc2OC)CC1.I. The minimum absolute atomic E-state index is 0. The van der Waals surface area contributed by atoms with Crippen molar-refractivity contribution in [2.24, 2.45) is 4.99 Å². The van der Waals surface area contributed by atoms with Gasteiger partial charge in [-0.25, -0.2) is 0 Å². The van der Waals surface area contributed by atoms with Gasteiger partial charge in [-0.05, 0) is 31.0 Å². The molecule has 0 bridgehead atoms. The largest absolute Gasteiger partial charge is 0.495 e. The molecule has 3 rings (SSSR count). The zero-order valence-corrected chi connectivity index (χ0v) is 20.1. The number of guanidine groups is 1. The molecule has 1 aliphatic rings. The van der Waals surface area contributed by atoms with Crippen LogP contribution < -0.4 is 20.5 Å². The maximum absolute atomic E-state index is 11.7. The Bertz CT molecular complexity index is 862. The zero-order valence-electron chi connectivity index (χ0n) is 17.8. The fourth-order valence-electron chi connectivity index (χ4n) is 3.64. The van der Waals surface area contributed by atoms with Crippen molar-refractivity contribution < 1.29 is 4.74 Å². The molecule has 1 aromatic heterocycles. The van der Waals surface area contributed by atoms with Crippen LogP contribution in [0, 0.1) is 0 Å². The van der Waals surface area contributed by atoms with Crippen LogP contribution in [-0.2, 0) is 6.54 Å². The fraction of sp³-hybridized carbons (Fsp3) is 0.455. The summed E-state index contributed by atoms with van der Waals surface area (Å²) < 4.78 is 7.25. The Morgan fingerprint density at radius 2 is 1.80 bits per heavy atom. The highest BCUT2D eigenvalue weighted by atomic mass is 127. The molecular formula is C22H32IN5O2. The standard InChI is InChI=1S/C22H31N5O2.HI/c1-23-22(24-12-6-8-14-26-13-7-5-11-21(26)28)27-17-15-25(16-18-27)19-9-3-4-10-20(19)29-2;/h3-5,7,9-11,13H,6,8,12,14-18H2,1-2H3,(H,23,24);1H. The van der Waals surface area contributed by atoms with Crippen LogP contribution in [0.3, 0.4) is 0 Å². The predicted molar refractivity (Wildman–Crippen MR) is 133 cm³/mol. The number of anilines is 1. The summed E-state index contributed by atoms with van der Waals surface area (Å²) in [5, 5.41) is 3.46. The van der Waals surface area contributed by atoms with Gasteiger partial charge in [-0.1, -0.05) is 18.2 Å². The number of aliphatic imine (C=N–C) groups is 1. The first-order valence-electron chi connectivity index (χ1n) is 10.2. The Balaban J connectivity index is 0.00000320. The van der Waals surface area contributed by atoms with E-state index in [-0.39, 0.29) is 29.5 Å². The number of benzene rings is 1. The van der Waals surface area contributed by atoms with Crippen molar-refractivity contribution in [3.63, 3.8) is 0 Å². The quantitative estimate of drug-likeness (QED) is 0.261. The van der Waals surface area contributed by atoms with Crippen LogP contribution in [0.5, 0.6) is 5.75 Å². The predicted octanol–water partition coefficient (Wildman–Crippen LogP) is 2.65. The average molecular weight is 525 g/mol. The lowest BCUT2D eigenvalue weighted by Gasteiger charge is -2.38. The van der Waals surface area contributed by atoms with E-state index in [2.05, 4.69) is 26.2 Å². The summed E-state index contributed by atoms with van der Waals surface area (Å²) in [6.07, 6.45) is 3.78. The Hall–Kier alpha value is -2.23. The molecule has 7 nitrogen and oxygen atoms in total. The number of para-hydroxylation sites is 2. The van der Waals surface area contributed by atoms with Gasteiger partial charge in [0.05, 0.1) is 12.8 Å². The molecule has 0 spiro atoms. The molecule has 1 fully saturated rings. The molecule has 2 heterocycles. The van der Waals surface area contributed by atoms with Gasteiger partial charge in [-0.3, -0.25) is 9.79 Å². The van der Waals surface area contributed by atoms with E-state index in [0.29, 0.717) is 0 Å². The van der Waals surface area contributed by atoms with Gasteiger partial charge < -0.3 is 24.4 Å². The van der Waals surface area contributed by atoms with E-state index in [9.17, 15) is 4.79 Å². The fourth-order valence-corrected chi connectivity index (χ4v) is 3.64. The Kier molecular flexibility index (Phi) is 9.99. The van der Waals surface area contributed by atoms with Crippen molar-refractivity contribution >= 4 is 35.6 Å². The van der Waals surface area contributed by atoms with Gasteiger partial charge in [-0.2, -0.15) is 0 Å². The van der Waals surface area contributed by atoms with Gasteiger partial charge in [0.25, 0.3) is 0 Å². The normalized spacial score (nSPS) is 14.3. The first kappa shape index (κ1) is 24.0. The third kappa shape index (κ3) is 6.38. The van der Waals surface area contributed by atoms with E-state index >= 15 is 0 Å². The molecule has 0 atom stereocenters. The van der Waals surface area contributed by atoms with E-state index in [0.717, 1.165) is 69.5 Å². The lowest BCUT2D eigenvalue weighted by atomic mass is 10.2. The number of aryl methyl sites for hydroxylation is 1. The zero-order chi connectivity index (χ0) is 20.5. The van der Waals surface area contributed by atoms with Crippen LogP contribution in [0.4, 0.5) is 5.69 Å². The number of rotatable bonds is 7. The van der Waals surface area contributed by atoms with E-state index < -0.39 is 0 Å². The summed E-state index contributed by atoms with van der Waals surface area (Å²) in [6.45, 7) is 5.28. The average Bonchev–Trinajstić information content (AvgIpc) is 2.77. The molecule has 8 heteroatoms. The summed E-state index contributed by atoms with van der Waals surface area (Å²) in [5.74, 6) is 1.86. The minimum Gasteiger partial charge on any atom is -0.495 e. The molecule has 2 aromatic rings. The molecule has 0 saturated carbocycles. The number of halogens is 1. The lowest BCUT2D eigenvalue weighted by Crippen LogP contribution is -2.52. The summed E-state index contributed by atoms with van der Waals surface area (Å²) >= 11 is 0. The van der Waals surface area contributed by atoms with E-state index in [1.165, 1.54) is 0 Å². The number of pyridine rings is 1. The number of piperazine rings is 1. The highest BCUT2D eigenvalue weighted by Crippen LogP contribution is 2.28. The van der Waals surface area contributed by atoms with Crippen LogP contribution in [0.15, 0.2) is 58.4 Å². The van der Waals surface area contributed by atoms with Gasteiger partial charge in [0.2, 0.25) is 5.56 Å². The molecule has 1 aliphatic heterocycles. The monoisotopic (exact) mass is 525 g/mol. The Morgan fingerprint density at radius 3 is 2.50 bits per heavy atom. The summed E-state index contributed by atoms with van der Waals surface area (Å²) in [6, 6.07) is 13.4. The Labute approximate surface area is 195 Å². The van der Waals surface area contributed by atoms with Crippen molar-refractivity contribution in [2.75, 3.05) is 51.8 Å². The van der Waals surface area contributed by atoms with Crippen molar-refractivity contribution in [3.05, 3.63) is 59.0 Å². The van der Waals surface area contributed by atoms with E-state index in [4.69, 9.17) is 4.74 Å². The minimum atomic E-state index is 0. The summed E-state index contributed by atoms with van der Waals surface area (Å²) in [5.41, 5.74) is 1.21. The van der Waals surface area contributed by atoms with Crippen LogP contribution >= 0.6 is 24.0 Å².